The van der Waals surface area contributed by atoms with Gasteiger partial charge in [0.15, 0.2) is 23.4 Å². The number of carbonyl (C=O) groups is 1. The minimum absolute atomic E-state index is 0.0117. The molecule has 2 aromatic rings. The highest BCUT2D eigenvalue weighted by Gasteiger charge is 2.26. The third-order valence-corrected chi connectivity index (χ3v) is 3.96. The van der Waals surface area contributed by atoms with E-state index in [0.29, 0.717) is 42.6 Å². The first-order chi connectivity index (χ1) is 12.6. The molecular formula is C19H21NO6. The molecule has 0 bridgehead atoms. The number of nitrogens with one attached hydrogen (secondary N) is 1. The maximum Gasteiger partial charge on any atom is 0.349 e. The van der Waals surface area contributed by atoms with E-state index in [-0.39, 0.29) is 12.2 Å². The third-order valence-electron chi connectivity index (χ3n) is 3.96. The van der Waals surface area contributed by atoms with Gasteiger partial charge in [-0.05, 0) is 37.6 Å². The molecule has 1 N–H and O–H groups in total. The SMILES string of the molecule is CCOCCNC(=O)c1c(C)cc(C2COc3ccccc3O2)oc1=O. The zero-order valence-corrected chi connectivity index (χ0v) is 14.7. The summed E-state index contributed by atoms with van der Waals surface area (Å²) >= 11 is 0. The molecule has 2 heterocycles. The standard InChI is InChI=1S/C19H21NO6/c1-3-23-9-8-20-18(21)17-12(2)10-15(26-19(17)22)16-11-24-13-6-4-5-7-14(13)25-16/h4-7,10,16H,3,8-9,11H2,1-2H3,(H,20,21). The highest BCUT2D eigenvalue weighted by Crippen LogP contribution is 2.35. The normalized spacial score (nSPS) is 15.5. The van der Waals surface area contributed by atoms with Crippen LogP contribution in [0.3, 0.4) is 0 Å². The lowest BCUT2D eigenvalue weighted by molar-refractivity contribution is 0.0721. The molecule has 0 spiro atoms. The summed E-state index contributed by atoms with van der Waals surface area (Å²) in [5, 5.41) is 2.65. The van der Waals surface area contributed by atoms with Crippen molar-refractivity contribution in [2.45, 2.75) is 20.0 Å². The van der Waals surface area contributed by atoms with Crippen molar-refractivity contribution in [3.8, 4) is 11.5 Å². The third kappa shape index (κ3) is 3.88. The fraction of sp³-hybridized carbons (Fsp3) is 0.368. The minimum atomic E-state index is -0.698. The average Bonchev–Trinajstić information content (AvgIpc) is 2.64. The second kappa shape index (κ2) is 8.05. The molecule has 1 aliphatic rings. The van der Waals surface area contributed by atoms with Gasteiger partial charge in [-0.1, -0.05) is 12.1 Å². The van der Waals surface area contributed by atoms with Crippen molar-refractivity contribution in [3.05, 3.63) is 57.6 Å². The van der Waals surface area contributed by atoms with Crippen LogP contribution < -0.4 is 20.4 Å². The number of amides is 1. The summed E-state index contributed by atoms with van der Waals surface area (Å²) in [6.45, 7) is 5.06. The van der Waals surface area contributed by atoms with Gasteiger partial charge in [0.05, 0.1) is 6.61 Å². The summed E-state index contributed by atoms with van der Waals surface area (Å²) in [5.74, 6) is 1.08. The topological polar surface area (TPSA) is 87.0 Å². The quantitative estimate of drug-likeness (QED) is 0.796. The highest BCUT2D eigenvalue weighted by atomic mass is 16.6. The number of hydrogen-bond acceptors (Lipinski definition) is 6. The van der Waals surface area contributed by atoms with Crippen LogP contribution in [-0.4, -0.2) is 32.3 Å². The van der Waals surface area contributed by atoms with E-state index in [0.717, 1.165) is 0 Å². The second-order valence-corrected chi connectivity index (χ2v) is 5.81. The number of fused-ring (bicyclic) bond motifs is 1. The van der Waals surface area contributed by atoms with Crippen LogP contribution in [0.4, 0.5) is 0 Å². The fourth-order valence-electron chi connectivity index (χ4n) is 2.69. The summed E-state index contributed by atoms with van der Waals surface area (Å²) < 4.78 is 22.0. The molecule has 1 amide bonds. The molecule has 1 aliphatic heterocycles. The molecule has 7 nitrogen and oxygen atoms in total. The van der Waals surface area contributed by atoms with Gasteiger partial charge in [0.1, 0.15) is 12.2 Å². The number of rotatable bonds is 6. The largest absolute Gasteiger partial charge is 0.485 e. The van der Waals surface area contributed by atoms with Crippen LogP contribution in [0.2, 0.25) is 0 Å². The zero-order chi connectivity index (χ0) is 18.5. The monoisotopic (exact) mass is 359 g/mol. The van der Waals surface area contributed by atoms with E-state index in [2.05, 4.69) is 5.32 Å². The molecule has 0 radical (unpaired) electrons. The Morgan fingerprint density at radius 2 is 2.08 bits per heavy atom. The lowest BCUT2D eigenvalue weighted by Crippen LogP contribution is -2.32. The summed E-state index contributed by atoms with van der Waals surface area (Å²) in [5.41, 5.74) is -0.189. The van der Waals surface area contributed by atoms with Crippen LogP contribution in [0.25, 0.3) is 0 Å². The summed E-state index contributed by atoms with van der Waals surface area (Å²) in [4.78, 5) is 24.5. The lowest BCUT2D eigenvalue weighted by Gasteiger charge is -2.25. The number of aryl methyl sites for hydroxylation is 1. The molecule has 138 valence electrons. The zero-order valence-electron chi connectivity index (χ0n) is 14.7. The number of carbonyl (C=O) groups excluding carboxylic acids is 1. The first-order valence-electron chi connectivity index (χ1n) is 8.49. The number of ether oxygens (including phenoxy) is 3. The maximum atomic E-state index is 12.3. The Morgan fingerprint density at radius 1 is 1.31 bits per heavy atom. The Labute approximate surface area is 150 Å². The van der Waals surface area contributed by atoms with Crippen molar-refractivity contribution in [3.63, 3.8) is 0 Å². The number of para-hydroxylation sites is 2. The van der Waals surface area contributed by atoms with Gasteiger partial charge in [0.25, 0.3) is 5.91 Å². The van der Waals surface area contributed by atoms with Crippen molar-refractivity contribution in [2.24, 2.45) is 0 Å². The number of benzene rings is 1. The Hall–Kier alpha value is -2.80. The van der Waals surface area contributed by atoms with E-state index < -0.39 is 17.6 Å². The highest BCUT2D eigenvalue weighted by molar-refractivity contribution is 5.95. The van der Waals surface area contributed by atoms with Crippen LogP contribution in [0, 0.1) is 6.92 Å². The van der Waals surface area contributed by atoms with Gasteiger partial charge < -0.3 is 23.9 Å². The van der Waals surface area contributed by atoms with Gasteiger partial charge in [-0.2, -0.15) is 0 Å². The Kier molecular flexibility index (Phi) is 5.58. The molecule has 0 aliphatic carbocycles. The van der Waals surface area contributed by atoms with E-state index in [4.69, 9.17) is 18.6 Å². The molecule has 0 saturated carbocycles. The van der Waals surface area contributed by atoms with Gasteiger partial charge in [0.2, 0.25) is 0 Å². The van der Waals surface area contributed by atoms with Gasteiger partial charge in [-0.3, -0.25) is 4.79 Å². The molecule has 3 rings (SSSR count). The van der Waals surface area contributed by atoms with Gasteiger partial charge >= 0.3 is 5.63 Å². The maximum absolute atomic E-state index is 12.3. The van der Waals surface area contributed by atoms with Crippen molar-refractivity contribution in [1.82, 2.24) is 5.32 Å². The Morgan fingerprint density at radius 3 is 2.81 bits per heavy atom. The summed E-state index contributed by atoms with van der Waals surface area (Å²) in [6.07, 6.45) is -0.550. The van der Waals surface area contributed by atoms with E-state index in [1.807, 2.05) is 25.1 Å². The van der Waals surface area contributed by atoms with Crippen molar-refractivity contribution < 1.29 is 23.4 Å². The van der Waals surface area contributed by atoms with Crippen LogP contribution in [0.15, 0.2) is 39.5 Å². The van der Waals surface area contributed by atoms with E-state index in [1.54, 1.807) is 19.1 Å². The molecular weight excluding hydrogens is 338 g/mol. The molecule has 0 saturated heterocycles. The second-order valence-electron chi connectivity index (χ2n) is 5.81. The van der Waals surface area contributed by atoms with Crippen molar-refractivity contribution >= 4 is 5.91 Å². The van der Waals surface area contributed by atoms with Crippen molar-refractivity contribution in [1.29, 1.82) is 0 Å². The van der Waals surface area contributed by atoms with Crippen LogP contribution in [-0.2, 0) is 4.74 Å². The van der Waals surface area contributed by atoms with Crippen LogP contribution in [0.5, 0.6) is 11.5 Å². The Bertz CT molecular complexity index is 844. The van der Waals surface area contributed by atoms with E-state index in [1.165, 1.54) is 0 Å². The first kappa shape index (κ1) is 18.0. The first-order valence-corrected chi connectivity index (χ1v) is 8.49. The van der Waals surface area contributed by atoms with Crippen LogP contribution in [0.1, 0.15) is 34.7 Å². The number of hydrogen-bond donors (Lipinski definition) is 1. The van der Waals surface area contributed by atoms with Gasteiger partial charge in [-0.15, -0.1) is 0 Å². The molecule has 1 aromatic carbocycles. The van der Waals surface area contributed by atoms with E-state index in [9.17, 15) is 9.59 Å². The van der Waals surface area contributed by atoms with Crippen LogP contribution >= 0.6 is 0 Å². The predicted molar refractivity (Wildman–Crippen MR) is 93.8 cm³/mol. The minimum Gasteiger partial charge on any atom is -0.485 e. The lowest BCUT2D eigenvalue weighted by atomic mass is 10.1. The molecule has 0 fully saturated rings. The smallest absolute Gasteiger partial charge is 0.349 e. The summed E-state index contributed by atoms with van der Waals surface area (Å²) in [6, 6.07) is 8.92. The molecule has 1 atom stereocenters. The molecule has 7 heteroatoms. The van der Waals surface area contributed by atoms with E-state index >= 15 is 0 Å². The Balaban J connectivity index is 1.75. The van der Waals surface area contributed by atoms with Crippen molar-refractivity contribution in [2.75, 3.05) is 26.4 Å². The predicted octanol–water partition coefficient (Wildman–Crippen LogP) is 2.23. The average molecular weight is 359 g/mol. The molecule has 1 aromatic heterocycles. The summed E-state index contributed by atoms with van der Waals surface area (Å²) in [7, 11) is 0. The molecule has 26 heavy (non-hydrogen) atoms. The van der Waals surface area contributed by atoms with Gasteiger partial charge in [-0.25, -0.2) is 4.79 Å². The van der Waals surface area contributed by atoms with Gasteiger partial charge in [0, 0.05) is 13.2 Å². The molecule has 1 unspecified atom stereocenters. The fourth-order valence-corrected chi connectivity index (χ4v) is 2.69.